The highest BCUT2D eigenvalue weighted by Crippen LogP contribution is 2.44. The van der Waals surface area contributed by atoms with Gasteiger partial charge in [-0.05, 0) is 25.7 Å². The third-order valence-electron chi connectivity index (χ3n) is 4.20. The van der Waals surface area contributed by atoms with E-state index in [2.05, 4.69) is 0 Å². The van der Waals surface area contributed by atoms with E-state index < -0.39 is 10.7 Å². The van der Waals surface area contributed by atoms with Crippen molar-refractivity contribution in [2.24, 2.45) is 0 Å². The number of piperidine rings is 1. The maximum absolute atomic E-state index is 13.7. The van der Waals surface area contributed by atoms with Crippen LogP contribution in [0.1, 0.15) is 25.7 Å². The number of nitrogens with zero attached hydrogens (tertiary/aromatic N) is 2. The quantitative estimate of drug-likeness (QED) is 0.673. The molecule has 3 rings (SSSR count). The molecule has 108 valence electrons. The number of aliphatic hydroxyl groups is 1. The Bertz CT molecular complexity index is 555. The summed E-state index contributed by atoms with van der Waals surface area (Å²) in [5.41, 5.74) is 0.0981. The van der Waals surface area contributed by atoms with Crippen LogP contribution in [0.3, 0.4) is 0 Å². The van der Waals surface area contributed by atoms with Crippen LogP contribution in [0, 0.1) is 15.9 Å². The highest BCUT2D eigenvalue weighted by Gasteiger charge is 2.42. The number of halogens is 2. The molecule has 20 heavy (non-hydrogen) atoms. The first-order valence-electron chi connectivity index (χ1n) is 6.57. The summed E-state index contributed by atoms with van der Waals surface area (Å²) in [6.45, 7) is 0. The first-order chi connectivity index (χ1) is 9.47. The van der Waals surface area contributed by atoms with E-state index in [-0.39, 0.29) is 34.6 Å². The zero-order valence-electron chi connectivity index (χ0n) is 10.6. The number of nitro groups is 1. The predicted octanol–water partition coefficient (Wildman–Crippen LogP) is 2.88. The highest BCUT2D eigenvalue weighted by molar-refractivity contribution is 6.31. The second-order valence-corrected chi connectivity index (χ2v) is 5.84. The number of hydrogen-bond acceptors (Lipinski definition) is 4. The van der Waals surface area contributed by atoms with Crippen molar-refractivity contribution in [2.45, 2.75) is 43.9 Å². The Balaban J connectivity index is 2.06. The Kier molecular flexibility index (Phi) is 3.30. The molecule has 2 fully saturated rings. The lowest BCUT2D eigenvalue weighted by Gasteiger charge is -2.38. The summed E-state index contributed by atoms with van der Waals surface area (Å²) in [5.74, 6) is -0.655. The molecule has 0 spiro atoms. The molecule has 5 nitrogen and oxygen atoms in total. The van der Waals surface area contributed by atoms with Gasteiger partial charge in [0.25, 0.3) is 5.69 Å². The summed E-state index contributed by atoms with van der Waals surface area (Å²) in [5, 5.41) is 20.7. The van der Waals surface area contributed by atoms with Crippen LogP contribution in [0.5, 0.6) is 0 Å². The maximum atomic E-state index is 13.7. The molecule has 2 bridgehead atoms. The Hall–Kier alpha value is -1.40. The Labute approximate surface area is 120 Å². The molecular formula is C13H14ClFN2O3. The van der Waals surface area contributed by atoms with Gasteiger partial charge in [-0.15, -0.1) is 0 Å². The van der Waals surface area contributed by atoms with Crippen molar-refractivity contribution in [2.75, 3.05) is 4.90 Å². The van der Waals surface area contributed by atoms with Crippen molar-refractivity contribution in [3.8, 4) is 0 Å². The third-order valence-corrected chi connectivity index (χ3v) is 4.49. The molecule has 0 radical (unpaired) electrons. The van der Waals surface area contributed by atoms with Gasteiger partial charge in [0.2, 0.25) is 0 Å². The van der Waals surface area contributed by atoms with Crippen LogP contribution < -0.4 is 4.90 Å². The van der Waals surface area contributed by atoms with Crippen LogP contribution in [-0.4, -0.2) is 28.2 Å². The zero-order chi connectivity index (χ0) is 14.4. The van der Waals surface area contributed by atoms with E-state index in [0.717, 1.165) is 25.0 Å². The lowest BCUT2D eigenvalue weighted by molar-refractivity contribution is -0.384. The van der Waals surface area contributed by atoms with Gasteiger partial charge in [0, 0.05) is 24.2 Å². The van der Waals surface area contributed by atoms with E-state index in [4.69, 9.17) is 11.6 Å². The number of rotatable bonds is 2. The van der Waals surface area contributed by atoms with Crippen molar-refractivity contribution in [3.05, 3.63) is 33.1 Å². The van der Waals surface area contributed by atoms with Crippen molar-refractivity contribution >= 4 is 23.0 Å². The average Bonchev–Trinajstić information content (AvgIpc) is 2.64. The molecule has 2 aliphatic rings. The predicted molar refractivity (Wildman–Crippen MR) is 72.6 cm³/mol. The molecule has 2 unspecified atom stereocenters. The molecular weight excluding hydrogens is 287 g/mol. The smallest absolute Gasteiger partial charge is 0.294 e. The van der Waals surface area contributed by atoms with Gasteiger partial charge in [-0.25, -0.2) is 4.39 Å². The van der Waals surface area contributed by atoms with Crippen LogP contribution in [0.25, 0.3) is 0 Å². The van der Waals surface area contributed by atoms with E-state index in [1.165, 1.54) is 0 Å². The summed E-state index contributed by atoms with van der Waals surface area (Å²) < 4.78 is 13.7. The molecule has 0 amide bonds. The third kappa shape index (κ3) is 2.13. The lowest BCUT2D eigenvalue weighted by Crippen LogP contribution is -2.45. The summed E-state index contributed by atoms with van der Waals surface area (Å²) in [6, 6.07) is 2.27. The monoisotopic (exact) mass is 300 g/mol. The fourth-order valence-corrected chi connectivity index (χ4v) is 3.58. The minimum absolute atomic E-state index is 0.0306. The van der Waals surface area contributed by atoms with Crippen LogP contribution in [-0.2, 0) is 0 Å². The SMILES string of the molecule is O=[N+]([O-])c1cc(Cl)c(F)cc1N1C2CCC1CC(O)C2. The second kappa shape index (κ2) is 4.86. The van der Waals surface area contributed by atoms with Gasteiger partial charge >= 0.3 is 0 Å². The number of nitro benzene ring substituents is 1. The minimum atomic E-state index is -0.655. The second-order valence-electron chi connectivity index (χ2n) is 5.43. The van der Waals surface area contributed by atoms with E-state index in [9.17, 15) is 19.6 Å². The molecule has 1 N–H and O–H groups in total. The van der Waals surface area contributed by atoms with Gasteiger partial charge < -0.3 is 10.0 Å². The van der Waals surface area contributed by atoms with E-state index in [1.807, 2.05) is 4.90 Å². The minimum Gasteiger partial charge on any atom is -0.393 e. The molecule has 1 aromatic carbocycles. The van der Waals surface area contributed by atoms with Gasteiger partial charge in [0.15, 0.2) is 0 Å². The number of fused-ring (bicyclic) bond motifs is 2. The Morgan fingerprint density at radius 3 is 2.50 bits per heavy atom. The number of hydrogen-bond donors (Lipinski definition) is 1. The highest BCUT2D eigenvalue weighted by atomic mass is 35.5. The molecule has 7 heteroatoms. The lowest BCUT2D eigenvalue weighted by atomic mass is 9.98. The van der Waals surface area contributed by atoms with Crippen molar-refractivity contribution in [1.82, 2.24) is 0 Å². The molecule has 0 aliphatic carbocycles. The van der Waals surface area contributed by atoms with Gasteiger partial charge in [-0.2, -0.15) is 0 Å². The van der Waals surface area contributed by atoms with Crippen LogP contribution in [0.2, 0.25) is 5.02 Å². The molecule has 2 saturated heterocycles. The van der Waals surface area contributed by atoms with Gasteiger partial charge in [0.1, 0.15) is 11.5 Å². The van der Waals surface area contributed by atoms with Crippen LogP contribution >= 0.6 is 11.6 Å². The molecule has 2 heterocycles. The molecule has 2 atom stereocenters. The first kappa shape index (κ1) is 13.6. The molecule has 1 aromatic rings. The maximum Gasteiger partial charge on any atom is 0.294 e. The fourth-order valence-electron chi connectivity index (χ4n) is 3.42. The van der Waals surface area contributed by atoms with Crippen LogP contribution in [0.4, 0.5) is 15.8 Å². The molecule has 0 aromatic heterocycles. The first-order valence-corrected chi connectivity index (χ1v) is 6.95. The van der Waals surface area contributed by atoms with E-state index >= 15 is 0 Å². The summed E-state index contributed by atoms with van der Waals surface area (Å²) in [6.07, 6.45) is 2.49. The van der Waals surface area contributed by atoms with Crippen molar-refractivity contribution in [3.63, 3.8) is 0 Å². The Morgan fingerprint density at radius 2 is 1.95 bits per heavy atom. The summed E-state index contributed by atoms with van der Waals surface area (Å²) >= 11 is 5.64. The number of aliphatic hydroxyl groups excluding tert-OH is 1. The normalized spacial score (nSPS) is 28.8. The van der Waals surface area contributed by atoms with Crippen molar-refractivity contribution in [1.29, 1.82) is 0 Å². The number of benzene rings is 1. The average molecular weight is 301 g/mol. The standard InChI is InChI=1S/C13H14ClFN2O3/c14-10-5-13(17(19)20)12(6-11(10)15)16-7-1-2-8(16)4-9(18)3-7/h5-9,18H,1-4H2. The van der Waals surface area contributed by atoms with E-state index in [0.29, 0.717) is 12.8 Å². The Morgan fingerprint density at radius 1 is 1.35 bits per heavy atom. The van der Waals surface area contributed by atoms with Gasteiger partial charge in [-0.1, -0.05) is 11.6 Å². The summed E-state index contributed by atoms with van der Waals surface area (Å²) in [7, 11) is 0. The van der Waals surface area contributed by atoms with E-state index in [1.54, 1.807) is 0 Å². The van der Waals surface area contributed by atoms with Gasteiger partial charge in [-0.3, -0.25) is 10.1 Å². The van der Waals surface area contributed by atoms with Gasteiger partial charge in [0.05, 0.1) is 16.0 Å². The number of anilines is 1. The van der Waals surface area contributed by atoms with Crippen molar-refractivity contribution < 1.29 is 14.4 Å². The molecule has 0 saturated carbocycles. The topological polar surface area (TPSA) is 66.6 Å². The summed E-state index contributed by atoms with van der Waals surface area (Å²) in [4.78, 5) is 12.5. The largest absolute Gasteiger partial charge is 0.393 e. The van der Waals surface area contributed by atoms with Crippen LogP contribution in [0.15, 0.2) is 12.1 Å². The molecule has 2 aliphatic heterocycles. The fraction of sp³-hybridized carbons (Fsp3) is 0.538. The zero-order valence-corrected chi connectivity index (χ0v) is 11.4.